The maximum Gasteiger partial charge on any atom is 0.257 e. The van der Waals surface area contributed by atoms with Gasteiger partial charge in [0, 0.05) is 45.3 Å². The predicted molar refractivity (Wildman–Crippen MR) is 69.5 cm³/mol. The van der Waals surface area contributed by atoms with E-state index in [1.165, 1.54) is 12.1 Å². The first-order chi connectivity index (χ1) is 9.11. The lowest BCUT2D eigenvalue weighted by Crippen LogP contribution is -2.49. The topological polar surface area (TPSA) is 69.8 Å². The molecule has 1 aliphatic rings. The van der Waals surface area contributed by atoms with E-state index in [-0.39, 0.29) is 17.2 Å². The van der Waals surface area contributed by atoms with Crippen molar-refractivity contribution in [3.63, 3.8) is 0 Å². The van der Waals surface area contributed by atoms with E-state index in [1.54, 1.807) is 4.90 Å². The van der Waals surface area contributed by atoms with Crippen LogP contribution in [-0.4, -0.2) is 60.1 Å². The molecule has 0 aromatic heterocycles. The molecule has 1 fully saturated rings. The average Bonchev–Trinajstić information content (AvgIpc) is 2.39. The summed E-state index contributed by atoms with van der Waals surface area (Å²) in [7, 11) is 0. The Balaban J connectivity index is 2.01. The summed E-state index contributed by atoms with van der Waals surface area (Å²) in [6.45, 7) is 4.15. The number of phenols is 1. The second-order valence-corrected chi connectivity index (χ2v) is 4.58. The zero-order valence-corrected chi connectivity index (χ0v) is 10.7. The number of piperazine rings is 1. The molecule has 0 atom stereocenters. The highest BCUT2D eigenvalue weighted by molar-refractivity contribution is 5.96. The van der Waals surface area contributed by atoms with Gasteiger partial charge in [0.05, 0.1) is 5.56 Å². The molecule has 19 heavy (non-hydrogen) atoms. The minimum absolute atomic E-state index is 0.147. The molecule has 5 nitrogen and oxygen atoms in total. The molecular formula is C13H18FN3O2. The minimum atomic E-state index is -0.554. The maximum atomic E-state index is 12.9. The molecule has 1 amide bonds. The van der Waals surface area contributed by atoms with Gasteiger partial charge in [-0.3, -0.25) is 9.69 Å². The van der Waals surface area contributed by atoms with Crippen LogP contribution in [0.4, 0.5) is 4.39 Å². The third kappa shape index (κ3) is 3.21. The van der Waals surface area contributed by atoms with Gasteiger partial charge >= 0.3 is 0 Å². The summed E-state index contributed by atoms with van der Waals surface area (Å²) >= 11 is 0. The smallest absolute Gasteiger partial charge is 0.257 e. The summed E-state index contributed by atoms with van der Waals surface area (Å²) in [6, 6.07) is 3.45. The molecule has 0 saturated carbocycles. The SMILES string of the molecule is NCCN1CCN(C(=O)c2ccc(F)cc2O)CC1. The van der Waals surface area contributed by atoms with Crippen LogP contribution in [0.1, 0.15) is 10.4 Å². The summed E-state index contributed by atoms with van der Waals surface area (Å²) in [5, 5.41) is 9.61. The molecule has 0 radical (unpaired) electrons. The van der Waals surface area contributed by atoms with E-state index in [0.717, 1.165) is 25.7 Å². The third-order valence-electron chi connectivity index (χ3n) is 3.30. The van der Waals surface area contributed by atoms with Crippen LogP contribution in [0.2, 0.25) is 0 Å². The number of hydrogen-bond acceptors (Lipinski definition) is 4. The van der Waals surface area contributed by atoms with Crippen molar-refractivity contribution in [3.05, 3.63) is 29.6 Å². The first-order valence-corrected chi connectivity index (χ1v) is 6.32. The number of nitrogens with two attached hydrogens (primary N) is 1. The monoisotopic (exact) mass is 267 g/mol. The van der Waals surface area contributed by atoms with Crippen molar-refractivity contribution < 1.29 is 14.3 Å². The molecular weight excluding hydrogens is 249 g/mol. The lowest BCUT2D eigenvalue weighted by molar-refractivity contribution is 0.0638. The number of rotatable bonds is 3. The fraction of sp³-hybridized carbons (Fsp3) is 0.462. The highest BCUT2D eigenvalue weighted by Gasteiger charge is 2.23. The molecule has 6 heteroatoms. The summed E-state index contributed by atoms with van der Waals surface area (Å²) in [5.74, 6) is -1.12. The Morgan fingerprint density at radius 2 is 2.00 bits per heavy atom. The van der Waals surface area contributed by atoms with E-state index in [9.17, 15) is 14.3 Å². The number of amides is 1. The van der Waals surface area contributed by atoms with Gasteiger partial charge in [-0.15, -0.1) is 0 Å². The predicted octanol–water partition coefficient (Wildman–Crippen LogP) is 0.248. The summed E-state index contributed by atoms with van der Waals surface area (Å²) in [5.41, 5.74) is 5.64. The van der Waals surface area contributed by atoms with Gasteiger partial charge in [-0.1, -0.05) is 0 Å². The zero-order valence-electron chi connectivity index (χ0n) is 10.7. The van der Waals surface area contributed by atoms with Crippen LogP contribution in [-0.2, 0) is 0 Å². The molecule has 0 bridgehead atoms. The van der Waals surface area contributed by atoms with Crippen molar-refractivity contribution in [1.29, 1.82) is 0 Å². The van der Waals surface area contributed by atoms with Crippen LogP contribution in [0, 0.1) is 5.82 Å². The molecule has 0 aliphatic carbocycles. The largest absolute Gasteiger partial charge is 0.507 e. The Morgan fingerprint density at radius 3 is 2.58 bits per heavy atom. The summed E-state index contributed by atoms with van der Waals surface area (Å²) in [4.78, 5) is 16.1. The molecule has 1 aromatic rings. The van der Waals surface area contributed by atoms with E-state index in [0.29, 0.717) is 19.6 Å². The zero-order chi connectivity index (χ0) is 13.8. The maximum absolute atomic E-state index is 12.9. The minimum Gasteiger partial charge on any atom is -0.507 e. The van der Waals surface area contributed by atoms with Crippen molar-refractivity contribution in [2.75, 3.05) is 39.3 Å². The van der Waals surface area contributed by atoms with Gasteiger partial charge in [-0.05, 0) is 12.1 Å². The Morgan fingerprint density at radius 1 is 1.32 bits per heavy atom. The number of carbonyl (C=O) groups is 1. The first-order valence-electron chi connectivity index (χ1n) is 6.32. The van der Waals surface area contributed by atoms with E-state index in [2.05, 4.69) is 4.90 Å². The van der Waals surface area contributed by atoms with Crippen molar-refractivity contribution in [2.24, 2.45) is 5.73 Å². The van der Waals surface area contributed by atoms with Crippen LogP contribution in [0.25, 0.3) is 0 Å². The second kappa shape index (κ2) is 5.99. The first kappa shape index (κ1) is 13.8. The fourth-order valence-electron chi connectivity index (χ4n) is 2.21. The molecule has 1 aromatic carbocycles. The van der Waals surface area contributed by atoms with Crippen LogP contribution in [0.3, 0.4) is 0 Å². The number of hydrogen-bond donors (Lipinski definition) is 2. The van der Waals surface area contributed by atoms with Gasteiger partial charge < -0.3 is 15.7 Å². The van der Waals surface area contributed by atoms with E-state index < -0.39 is 5.82 Å². The van der Waals surface area contributed by atoms with Crippen molar-refractivity contribution in [3.8, 4) is 5.75 Å². The Bertz CT molecular complexity index is 459. The number of carbonyl (C=O) groups excluding carboxylic acids is 1. The van der Waals surface area contributed by atoms with Crippen molar-refractivity contribution in [2.45, 2.75) is 0 Å². The quantitative estimate of drug-likeness (QED) is 0.823. The molecule has 1 saturated heterocycles. The standard InChI is InChI=1S/C13H18FN3O2/c14-10-1-2-11(12(18)9-10)13(19)17-7-5-16(4-3-15)6-8-17/h1-2,9,18H,3-8,15H2. The highest BCUT2D eigenvalue weighted by atomic mass is 19.1. The Kier molecular flexibility index (Phi) is 4.34. The highest BCUT2D eigenvalue weighted by Crippen LogP contribution is 2.20. The van der Waals surface area contributed by atoms with E-state index >= 15 is 0 Å². The van der Waals surface area contributed by atoms with Gasteiger partial charge in [-0.25, -0.2) is 4.39 Å². The number of aromatic hydroxyl groups is 1. The molecule has 1 aliphatic heterocycles. The molecule has 0 unspecified atom stereocenters. The number of phenolic OH excluding ortho intramolecular Hbond substituents is 1. The number of benzene rings is 1. The van der Waals surface area contributed by atoms with Crippen molar-refractivity contribution in [1.82, 2.24) is 9.80 Å². The molecule has 2 rings (SSSR count). The normalized spacial score (nSPS) is 16.6. The summed E-state index contributed by atoms with van der Waals surface area (Å²) < 4.78 is 12.9. The van der Waals surface area contributed by atoms with Crippen LogP contribution < -0.4 is 5.73 Å². The molecule has 3 N–H and O–H groups in total. The van der Waals surface area contributed by atoms with Gasteiger partial charge in [-0.2, -0.15) is 0 Å². The van der Waals surface area contributed by atoms with Crippen LogP contribution in [0.15, 0.2) is 18.2 Å². The average molecular weight is 267 g/mol. The van der Waals surface area contributed by atoms with Gasteiger partial charge in [0.1, 0.15) is 11.6 Å². The van der Waals surface area contributed by atoms with Crippen LogP contribution in [0.5, 0.6) is 5.75 Å². The van der Waals surface area contributed by atoms with Crippen molar-refractivity contribution >= 4 is 5.91 Å². The number of halogens is 1. The Hall–Kier alpha value is -1.66. The van der Waals surface area contributed by atoms with Crippen LogP contribution >= 0.6 is 0 Å². The van der Waals surface area contributed by atoms with E-state index in [1.807, 2.05) is 0 Å². The third-order valence-corrected chi connectivity index (χ3v) is 3.30. The molecule has 104 valence electrons. The number of nitrogens with zero attached hydrogens (tertiary/aromatic N) is 2. The van der Waals surface area contributed by atoms with Gasteiger partial charge in [0.25, 0.3) is 5.91 Å². The second-order valence-electron chi connectivity index (χ2n) is 4.58. The summed E-state index contributed by atoms with van der Waals surface area (Å²) in [6.07, 6.45) is 0. The Labute approximate surface area is 111 Å². The van der Waals surface area contributed by atoms with Gasteiger partial charge in [0.15, 0.2) is 0 Å². The fourth-order valence-corrected chi connectivity index (χ4v) is 2.21. The van der Waals surface area contributed by atoms with E-state index in [4.69, 9.17) is 5.73 Å². The lowest BCUT2D eigenvalue weighted by atomic mass is 10.1. The molecule has 0 spiro atoms. The lowest BCUT2D eigenvalue weighted by Gasteiger charge is -2.34. The molecule has 1 heterocycles. The van der Waals surface area contributed by atoms with Gasteiger partial charge in [0.2, 0.25) is 0 Å².